The van der Waals surface area contributed by atoms with Crippen LogP contribution in [0, 0.1) is 0 Å². The molecule has 3 nitrogen and oxygen atoms in total. The molecule has 0 N–H and O–H groups in total. The molecule has 0 bridgehead atoms. The van der Waals surface area contributed by atoms with E-state index in [1.54, 1.807) is 17.9 Å². The molecule has 4 heteroatoms. The van der Waals surface area contributed by atoms with Gasteiger partial charge >= 0.3 is 0 Å². The smallest absolute Gasteiger partial charge is 0.256 e. The minimum Gasteiger partial charge on any atom is -0.497 e. The third-order valence-electron chi connectivity index (χ3n) is 2.23. The van der Waals surface area contributed by atoms with Gasteiger partial charge in [0, 0.05) is 22.4 Å². The van der Waals surface area contributed by atoms with Crippen molar-refractivity contribution >= 4 is 15.9 Å². The minimum absolute atomic E-state index is 0.0699. The van der Waals surface area contributed by atoms with E-state index in [1.165, 1.54) is 6.07 Å². The molecule has 0 atom stereocenters. The highest BCUT2D eigenvalue weighted by atomic mass is 79.9. The number of nitrogens with zero attached hydrogens (tertiary/aromatic N) is 1. The number of hydrogen-bond acceptors (Lipinski definition) is 2. The van der Waals surface area contributed by atoms with Crippen LogP contribution >= 0.6 is 15.9 Å². The molecule has 82 valence electrons. The van der Waals surface area contributed by atoms with Gasteiger partial charge in [0.25, 0.3) is 5.56 Å². The number of benzene rings is 1. The molecule has 1 aromatic carbocycles. The van der Waals surface area contributed by atoms with Crippen LogP contribution in [0.25, 0.3) is 5.69 Å². The van der Waals surface area contributed by atoms with Crippen LogP contribution < -0.4 is 10.3 Å². The zero-order chi connectivity index (χ0) is 11.5. The van der Waals surface area contributed by atoms with Gasteiger partial charge in [-0.15, -0.1) is 0 Å². The lowest BCUT2D eigenvalue weighted by Crippen LogP contribution is -2.15. The predicted octanol–water partition coefficient (Wildman–Crippen LogP) is 2.61. The maximum Gasteiger partial charge on any atom is 0.256 e. The summed E-state index contributed by atoms with van der Waals surface area (Å²) in [6.07, 6.45) is 1.73. The fourth-order valence-corrected chi connectivity index (χ4v) is 1.72. The fraction of sp³-hybridized carbons (Fsp3) is 0.0833. The summed E-state index contributed by atoms with van der Waals surface area (Å²) in [7, 11) is 1.61. The first kappa shape index (κ1) is 11.0. The quantitative estimate of drug-likeness (QED) is 0.846. The first-order valence-corrected chi connectivity index (χ1v) is 5.52. The Morgan fingerprint density at radius 3 is 2.44 bits per heavy atom. The van der Waals surface area contributed by atoms with E-state index in [0.29, 0.717) is 0 Å². The van der Waals surface area contributed by atoms with E-state index < -0.39 is 0 Å². The topological polar surface area (TPSA) is 31.2 Å². The monoisotopic (exact) mass is 279 g/mol. The molecule has 0 saturated heterocycles. The van der Waals surface area contributed by atoms with Gasteiger partial charge in [-0.25, -0.2) is 0 Å². The maximum absolute atomic E-state index is 11.7. The van der Waals surface area contributed by atoms with Gasteiger partial charge in [0.2, 0.25) is 0 Å². The van der Waals surface area contributed by atoms with E-state index in [9.17, 15) is 4.79 Å². The third-order valence-corrected chi connectivity index (χ3v) is 2.73. The number of hydrogen-bond donors (Lipinski definition) is 0. The standard InChI is InChI=1S/C12H10BrNO2/c1-16-11-4-2-10(3-5-11)14-7-6-9(13)8-12(14)15/h2-8H,1H3. The number of methoxy groups -OCH3 is 1. The van der Waals surface area contributed by atoms with Crippen molar-refractivity contribution in [2.45, 2.75) is 0 Å². The molecule has 0 unspecified atom stereocenters. The van der Waals surface area contributed by atoms with Crippen molar-refractivity contribution in [1.82, 2.24) is 4.57 Å². The van der Waals surface area contributed by atoms with Gasteiger partial charge < -0.3 is 4.74 Å². The fourth-order valence-electron chi connectivity index (χ4n) is 1.41. The summed E-state index contributed by atoms with van der Waals surface area (Å²) < 4.78 is 7.41. The first-order valence-electron chi connectivity index (χ1n) is 4.73. The second kappa shape index (κ2) is 4.53. The molecule has 1 aromatic heterocycles. The van der Waals surface area contributed by atoms with Gasteiger partial charge in [0.15, 0.2) is 0 Å². The Morgan fingerprint density at radius 1 is 1.19 bits per heavy atom. The Balaban J connectivity index is 2.46. The zero-order valence-electron chi connectivity index (χ0n) is 8.68. The number of rotatable bonds is 2. The van der Waals surface area contributed by atoms with Crippen molar-refractivity contribution < 1.29 is 4.74 Å². The number of pyridine rings is 1. The molecule has 0 aliphatic carbocycles. The first-order chi connectivity index (χ1) is 7.70. The van der Waals surface area contributed by atoms with Crippen LogP contribution in [0.2, 0.25) is 0 Å². The third kappa shape index (κ3) is 2.17. The van der Waals surface area contributed by atoms with E-state index in [-0.39, 0.29) is 5.56 Å². The molecular weight excluding hydrogens is 270 g/mol. The zero-order valence-corrected chi connectivity index (χ0v) is 10.3. The van der Waals surface area contributed by atoms with Crippen LogP contribution in [0.1, 0.15) is 0 Å². The Labute approximate surface area is 101 Å². The van der Waals surface area contributed by atoms with Gasteiger partial charge in [-0.05, 0) is 30.3 Å². The lowest BCUT2D eigenvalue weighted by atomic mass is 10.3. The van der Waals surface area contributed by atoms with Gasteiger partial charge in [-0.3, -0.25) is 9.36 Å². The lowest BCUT2D eigenvalue weighted by molar-refractivity contribution is 0.414. The molecule has 16 heavy (non-hydrogen) atoms. The lowest BCUT2D eigenvalue weighted by Gasteiger charge is -2.06. The normalized spacial score (nSPS) is 10.1. The highest BCUT2D eigenvalue weighted by Gasteiger charge is 2.00. The molecule has 2 rings (SSSR count). The van der Waals surface area contributed by atoms with Crippen molar-refractivity contribution in [2.75, 3.05) is 7.11 Å². The van der Waals surface area contributed by atoms with Crippen LogP contribution in [0.5, 0.6) is 5.75 Å². The van der Waals surface area contributed by atoms with E-state index >= 15 is 0 Å². The highest BCUT2D eigenvalue weighted by Crippen LogP contribution is 2.14. The van der Waals surface area contributed by atoms with Crippen LogP contribution in [-0.2, 0) is 0 Å². The molecule has 0 saturated carbocycles. The Kier molecular flexibility index (Phi) is 3.10. The number of aromatic nitrogens is 1. The SMILES string of the molecule is COc1ccc(-n2ccc(Br)cc2=O)cc1. The van der Waals surface area contributed by atoms with Crippen LogP contribution in [0.15, 0.2) is 51.9 Å². The molecule has 0 aliphatic heterocycles. The Bertz CT molecular complexity index is 546. The maximum atomic E-state index is 11.7. The van der Waals surface area contributed by atoms with Crippen LogP contribution in [0.4, 0.5) is 0 Å². The van der Waals surface area contributed by atoms with Gasteiger partial charge in [0.1, 0.15) is 5.75 Å². The van der Waals surface area contributed by atoms with Crippen LogP contribution in [-0.4, -0.2) is 11.7 Å². The summed E-state index contributed by atoms with van der Waals surface area (Å²) in [5, 5.41) is 0. The van der Waals surface area contributed by atoms with E-state index in [2.05, 4.69) is 15.9 Å². The highest BCUT2D eigenvalue weighted by molar-refractivity contribution is 9.10. The Morgan fingerprint density at radius 2 is 1.88 bits per heavy atom. The minimum atomic E-state index is -0.0699. The van der Waals surface area contributed by atoms with Crippen molar-refractivity contribution in [2.24, 2.45) is 0 Å². The van der Waals surface area contributed by atoms with Crippen molar-refractivity contribution in [3.05, 3.63) is 57.4 Å². The molecule has 0 fully saturated rings. The summed E-state index contributed by atoms with van der Waals surface area (Å²) in [6, 6.07) is 10.7. The molecule has 0 amide bonds. The average molecular weight is 280 g/mol. The predicted molar refractivity (Wildman–Crippen MR) is 66.3 cm³/mol. The second-order valence-electron chi connectivity index (χ2n) is 3.25. The molecular formula is C12H10BrNO2. The van der Waals surface area contributed by atoms with Crippen LogP contribution in [0.3, 0.4) is 0 Å². The van der Waals surface area contributed by atoms with Gasteiger partial charge in [0.05, 0.1) is 7.11 Å². The number of halogens is 1. The molecule has 0 radical (unpaired) electrons. The van der Waals surface area contributed by atoms with E-state index in [1.807, 2.05) is 30.3 Å². The van der Waals surface area contributed by atoms with Gasteiger partial charge in [-0.2, -0.15) is 0 Å². The molecule has 0 aliphatic rings. The summed E-state index contributed by atoms with van der Waals surface area (Å²) in [5.41, 5.74) is 0.748. The summed E-state index contributed by atoms with van der Waals surface area (Å²) in [4.78, 5) is 11.7. The van der Waals surface area contributed by atoms with E-state index in [0.717, 1.165) is 15.9 Å². The van der Waals surface area contributed by atoms with Crippen molar-refractivity contribution in [1.29, 1.82) is 0 Å². The molecule has 1 heterocycles. The van der Waals surface area contributed by atoms with Gasteiger partial charge in [-0.1, -0.05) is 15.9 Å². The molecule has 2 aromatic rings. The molecule has 0 spiro atoms. The Hall–Kier alpha value is -1.55. The van der Waals surface area contributed by atoms with Crippen molar-refractivity contribution in [3.63, 3.8) is 0 Å². The van der Waals surface area contributed by atoms with Crippen molar-refractivity contribution in [3.8, 4) is 11.4 Å². The average Bonchev–Trinajstić information content (AvgIpc) is 2.29. The summed E-state index contributed by atoms with van der Waals surface area (Å²) in [5.74, 6) is 0.772. The summed E-state index contributed by atoms with van der Waals surface area (Å²) >= 11 is 3.26. The second-order valence-corrected chi connectivity index (χ2v) is 4.17. The summed E-state index contributed by atoms with van der Waals surface area (Å²) in [6.45, 7) is 0. The number of ether oxygens (including phenoxy) is 1. The van der Waals surface area contributed by atoms with E-state index in [4.69, 9.17) is 4.74 Å². The largest absolute Gasteiger partial charge is 0.497 e.